The first kappa shape index (κ1) is 14.7. The van der Waals surface area contributed by atoms with Crippen molar-refractivity contribution in [2.45, 2.75) is 13.8 Å². The number of carbonyl (C=O) groups is 2. The van der Waals surface area contributed by atoms with Gasteiger partial charge in [0, 0.05) is 6.20 Å². The molecule has 0 aliphatic carbocycles. The van der Waals surface area contributed by atoms with E-state index in [0.29, 0.717) is 29.2 Å². The highest BCUT2D eigenvalue weighted by Gasteiger charge is 2.14. The zero-order valence-corrected chi connectivity index (χ0v) is 12.0. The van der Waals surface area contributed by atoms with Gasteiger partial charge in [0.25, 0.3) is 0 Å². The molecule has 7 heteroatoms. The molecule has 0 fully saturated rings. The molecule has 0 amide bonds. The van der Waals surface area contributed by atoms with E-state index in [4.69, 9.17) is 4.74 Å². The van der Waals surface area contributed by atoms with Crippen LogP contribution in [0.2, 0.25) is 0 Å². The van der Waals surface area contributed by atoms with Crippen LogP contribution in [0.4, 0.5) is 0 Å². The number of rotatable bonds is 4. The summed E-state index contributed by atoms with van der Waals surface area (Å²) < 4.78 is 11.0. The molecule has 0 aliphatic heterocycles. The normalized spacial score (nSPS) is 10.2. The number of aromatic nitrogens is 3. The molecule has 0 aliphatic rings. The molecule has 0 spiro atoms. The highest BCUT2D eigenvalue weighted by molar-refractivity contribution is 5.90. The summed E-state index contributed by atoms with van der Waals surface area (Å²) in [4.78, 5) is 27.4. The van der Waals surface area contributed by atoms with Gasteiger partial charge >= 0.3 is 11.9 Å². The molecule has 7 nitrogen and oxygen atoms in total. The van der Waals surface area contributed by atoms with Crippen molar-refractivity contribution in [3.63, 3.8) is 0 Å². The first-order valence-corrected chi connectivity index (χ1v) is 6.35. The Kier molecular flexibility index (Phi) is 4.32. The summed E-state index contributed by atoms with van der Waals surface area (Å²) in [6.07, 6.45) is 2.93. The van der Waals surface area contributed by atoms with E-state index in [2.05, 4.69) is 14.8 Å². The van der Waals surface area contributed by atoms with Gasteiger partial charge in [0.2, 0.25) is 0 Å². The maximum atomic E-state index is 11.6. The summed E-state index contributed by atoms with van der Waals surface area (Å²) in [7, 11) is 1.31. The molecule has 2 rings (SSSR count). The van der Waals surface area contributed by atoms with E-state index >= 15 is 0 Å². The minimum atomic E-state index is -0.445. The van der Waals surface area contributed by atoms with E-state index in [-0.39, 0.29) is 0 Å². The van der Waals surface area contributed by atoms with Crippen molar-refractivity contribution < 1.29 is 19.1 Å². The number of pyridine rings is 1. The van der Waals surface area contributed by atoms with Crippen LogP contribution in [-0.2, 0) is 9.47 Å². The minimum Gasteiger partial charge on any atom is -0.465 e. The van der Waals surface area contributed by atoms with E-state index in [1.807, 2.05) is 0 Å². The van der Waals surface area contributed by atoms with Crippen molar-refractivity contribution in [3.05, 3.63) is 41.3 Å². The SMILES string of the molecule is CCOC(=O)c1cnn(-c2ccc(C(=O)OC)c(C)n2)c1. The van der Waals surface area contributed by atoms with Crippen molar-refractivity contribution in [1.82, 2.24) is 14.8 Å². The first-order valence-electron chi connectivity index (χ1n) is 6.35. The largest absolute Gasteiger partial charge is 0.465 e. The van der Waals surface area contributed by atoms with Crippen molar-refractivity contribution in [1.29, 1.82) is 0 Å². The molecule has 0 aromatic carbocycles. The highest BCUT2D eigenvalue weighted by atomic mass is 16.5. The maximum Gasteiger partial charge on any atom is 0.341 e. The number of hydrogen-bond donors (Lipinski definition) is 0. The second-order valence-corrected chi connectivity index (χ2v) is 4.19. The van der Waals surface area contributed by atoms with Crippen molar-refractivity contribution in [2.24, 2.45) is 0 Å². The summed E-state index contributed by atoms with van der Waals surface area (Å²) in [6, 6.07) is 3.23. The molecule has 0 radical (unpaired) electrons. The molecule has 0 atom stereocenters. The molecule has 0 saturated heterocycles. The van der Waals surface area contributed by atoms with Crippen LogP contribution in [0.3, 0.4) is 0 Å². The van der Waals surface area contributed by atoms with E-state index in [1.165, 1.54) is 24.2 Å². The molecular weight excluding hydrogens is 274 g/mol. The van der Waals surface area contributed by atoms with Crippen LogP contribution in [0.15, 0.2) is 24.5 Å². The van der Waals surface area contributed by atoms with Gasteiger partial charge in [0.05, 0.1) is 36.7 Å². The number of methoxy groups -OCH3 is 1. The average molecular weight is 289 g/mol. The second-order valence-electron chi connectivity index (χ2n) is 4.19. The van der Waals surface area contributed by atoms with Crippen molar-refractivity contribution >= 4 is 11.9 Å². The van der Waals surface area contributed by atoms with Crippen LogP contribution in [0.25, 0.3) is 5.82 Å². The monoisotopic (exact) mass is 289 g/mol. The molecule has 0 unspecified atom stereocenters. The lowest BCUT2D eigenvalue weighted by atomic mass is 10.2. The van der Waals surface area contributed by atoms with Crippen LogP contribution in [0.1, 0.15) is 33.3 Å². The zero-order valence-electron chi connectivity index (χ0n) is 12.0. The Bertz CT molecular complexity index is 679. The molecule has 0 bridgehead atoms. The van der Waals surface area contributed by atoms with Crippen LogP contribution >= 0.6 is 0 Å². The number of aryl methyl sites for hydroxylation is 1. The molecule has 2 heterocycles. The van der Waals surface area contributed by atoms with Crippen molar-refractivity contribution in [2.75, 3.05) is 13.7 Å². The smallest absolute Gasteiger partial charge is 0.341 e. The average Bonchev–Trinajstić information content (AvgIpc) is 2.96. The molecule has 0 saturated carbocycles. The Labute approximate surface area is 121 Å². The fourth-order valence-electron chi connectivity index (χ4n) is 1.77. The van der Waals surface area contributed by atoms with Crippen LogP contribution in [0.5, 0.6) is 0 Å². The summed E-state index contributed by atoms with van der Waals surface area (Å²) in [5.41, 5.74) is 1.25. The third kappa shape index (κ3) is 3.07. The topological polar surface area (TPSA) is 83.3 Å². The Morgan fingerprint density at radius 3 is 2.67 bits per heavy atom. The maximum absolute atomic E-state index is 11.6. The Balaban J connectivity index is 2.29. The molecule has 2 aromatic rings. The lowest BCUT2D eigenvalue weighted by molar-refractivity contribution is 0.0525. The molecule has 2 aromatic heterocycles. The molecule has 21 heavy (non-hydrogen) atoms. The van der Waals surface area contributed by atoms with E-state index < -0.39 is 11.9 Å². The van der Waals surface area contributed by atoms with Gasteiger partial charge < -0.3 is 9.47 Å². The Morgan fingerprint density at radius 1 is 1.29 bits per heavy atom. The van der Waals surface area contributed by atoms with Crippen LogP contribution in [0, 0.1) is 6.92 Å². The van der Waals surface area contributed by atoms with Crippen LogP contribution in [-0.4, -0.2) is 40.4 Å². The standard InChI is InChI=1S/C14H15N3O4/c1-4-21-13(18)10-7-15-17(8-10)12-6-5-11(9(2)16-12)14(19)20-3/h5-8H,4H2,1-3H3. The summed E-state index contributed by atoms with van der Waals surface area (Å²) in [5.74, 6) is -0.387. The van der Waals surface area contributed by atoms with Crippen molar-refractivity contribution in [3.8, 4) is 5.82 Å². The fourth-order valence-corrected chi connectivity index (χ4v) is 1.77. The lowest BCUT2D eigenvalue weighted by Gasteiger charge is -2.06. The van der Waals surface area contributed by atoms with Gasteiger partial charge in [0.15, 0.2) is 5.82 Å². The quantitative estimate of drug-likeness (QED) is 0.794. The van der Waals surface area contributed by atoms with Gasteiger partial charge in [-0.3, -0.25) is 0 Å². The number of nitrogens with zero attached hydrogens (tertiary/aromatic N) is 3. The van der Waals surface area contributed by atoms with Gasteiger partial charge in [-0.1, -0.05) is 0 Å². The van der Waals surface area contributed by atoms with Gasteiger partial charge in [-0.25, -0.2) is 19.3 Å². The summed E-state index contributed by atoms with van der Waals surface area (Å²) >= 11 is 0. The predicted molar refractivity (Wildman–Crippen MR) is 73.4 cm³/mol. The van der Waals surface area contributed by atoms with E-state index in [0.717, 1.165) is 0 Å². The number of hydrogen-bond acceptors (Lipinski definition) is 6. The fraction of sp³-hybridized carbons (Fsp3) is 0.286. The van der Waals surface area contributed by atoms with Gasteiger partial charge in [-0.05, 0) is 26.0 Å². The first-order chi connectivity index (χ1) is 10.1. The minimum absolute atomic E-state index is 0.301. The van der Waals surface area contributed by atoms with Gasteiger partial charge in [-0.2, -0.15) is 5.10 Å². The number of esters is 2. The molecule has 0 N–H and O–H groups in total. The molecular formula is C14H15N3O4. The van der Waals surface area contributed by atoms with Gasteiger partial charge in [-0.15, -0.1) is 0 Å². The third-order valence-corrected chi connectivity index (χ3v) is 2.80. The summed E-state index contributed by atoms with van der Waals surface area (Å²) in [5, 5.41) is 4.06. The third-order valence-electron chi connectivity index (χ3n) is 2.80. The zero-order chi connectivity index (χ0) is 15.4. The van der Waals surface area contributed by atoms with Crippen LogP contribution < -0.4 is 0 Å². The highest BCUT2D eigenvalue weighted by Crippen LogP contribution is 2.12. The number of ether oxygens (including phenoxy) is 2. The van der Waals surface area contributed by atoms with Gasteiger partial charge in [0.1, 0.15) is 0 Å². The Morgan fingerprint density at radius 2 is 2.05 bits per heavy atom. The van der Waals surface area contributed by atoms with E-state index in [1.54, 1.807) is 26.0 Å². The lowest BCUT2D eigenvalue weighted by Crippen LogP contribution is -2.08. The predicted octanol–water partition coefficient (Wildman–Crippen LogP) is 1.54. The number of carbonyl (C=O) groups excluding carboxylic acids is 2. The second kappa shape index (κ2) is 6.17. The summed E-state index contributed by atoms with van der Waals surface area (Å²) in [6.45, 7) is 3.74. The van der Waals surface area contributed by atoms with E-state index in [9.17, 15) is 9.59 Å². The Hall–Kier alpha value is -2.70. The molecule has 110 valence electrons.